The van der Waals surface area contributed by atoms with Crippen molar-refractivity contribution in [3.8, 4) is 33.9 Å². The molecular formula is C46H32N6. The molecular weight excluding hydrogens is 637 g/mol. The molecule has 6 heterocycles. The van der Waals surface area contributed by atoms with Crippen LogP contribution in [-0.4, -0.2) is 29.1 Å². The Kier molecular flexibility index (Phi) is 6.40. The fourth-order valence-corrected chi connectivity index (χ4v) is 8.66. The molecule has 0 spiro atoms. The molecule has 0 radical (unpaired) electrons. The Morgan fingerprint density at radius 1 is 0.442 bits per heavy atom. The Morgan fingerprint density at radius 3 is 1.73 bits per heavy atom. The van der Waals surface area contributed by atoms with Gasteiger partial charge in [-0.2, -0.15) is 0 Å². The van der Waals surface area contributed by atoms with E-state index in [1.54, 1.807) is 0 Å². The highest BCUT2D eigenvalue weighted by atomic mass is 15.1. The van der Waals surface area contributed by atoms with Crippen molar-refractivity contribution in [2.75, 3.05) is 0 Å². The van der Waals surface area contributed by atoms with Crippen LogP contribution in [-0.2, 0) is 19.3 Å². The van der Waals surface area contributed by atoms with Crippen molar-refractivity contribution in [1.82, 2.24) is 29.1 Å². The van der Waals surface area contributed by atoms with Crippen molar-refractivity contribution in [2.24, 2.45) is 0 Å². The summed E-state index contributed by atoms with van der Waals surface area (Å²) in [5, 5.41) is 3.77. The number of pyridine rings is 4. The van der Waals surface area contributed by atoms with Crippen LogP contribution in [0.1, 0.15) is 34.4 Å². The summed E-state index contributed by atoms with van der Waals surface area (Å²) in [7, 11) is 0. The van der Waals surface area contributed by atoms with Gasteiger partial charge in [0.2, 0.25) is 0 Å². The number of hydrogen-bond donors (Lipinski definition) is 0. The van der Waals surface area contributed by atoms with E-state index in [4.69, 9.17) is 9.97 Å². The molecule has 0 saturated carbocycles. The smallest absolute Gasteiger partial charge is 0.137 e. The average Bonchev–Trinajstić information content (AvgIpc) is 3.71. The van der Waals surface area contributed by atoms with E-state index in [1.165, 1.54) is 71.9 Å². The molecule has 0 aliphatic heterocycles. The summed E-state index contributed by atoms with van der Waals surface area (Å²) in [6.45, 7) is 0. The van der Waals surface area contributed by atoms with Crippen molar-refractivity contribution in [2.45, 2.75) is 25.7 Å². The quantitative estimate of drug-likeness (QED) is 0.187. The zero-order valence-electron chi connectivity index (χ0n) is 28.4. The molecule has 0 fully saturated rings. The van der Waals surface area contributed by atoms with Gasteiger partial charge in [0.15, 0.2) is 0 Å². The number of allylic oxidation sites excluding steroid dienone is 1. The Labute approximate surface area is 300 Å². The molecule has 3 aromatic carbocycles. The van der Waals surface area contributed by atoms with Crippen molar-refractivity contribution in [3.63, 3.8) is 0 Å². The maximum Gasteiger partial charge on any atom is 0.137 e. The minimum absolute atomic E-state index is 0.916. The molecule has 0 bridgehead atoms. The molecule has 246 valence electrons. The predicted octanol–water partition coefficient (Wildman–Crippen LogP) is 10.2. The first-order valence-corrected chi connectivity index (χ1v) is 17.9. The number of nitrogens with zero attached hydrogens (tertiary/aromatic N) is 6. The molecule has 0 N–H and O–H groups in total. The highest BCUT2D eigenvalue weighted by Crippen LogP contribution is 2.45. The monoisotopic (exact) mass is 668 g/mol. The van der Waals surface area contributed by atoms with E-state index in [2.05, 4.69) is 116 Å². The molecule has 11 rings (SSSR count). The number of benzene rings is 3. The molecule has 0 unspecified atom stereocenters. The standard InChI is InChI=1S/C46H32N6/c1-3-17-49-45(5-1)51-41-11-9-31(29-13-19-47-20-14-29)23-37(41)39-25-33-7-8-34-26-40-38-24-32(30-15-21-48-22-16-30)10-12-42(38)52(46-6-2-4-18-50-46)44(40)28-36(34)35(33)27-43(39)51/h1-6,9,11,13-28H,7-8,10,12H2. The molecule has 6 nitrogen and oxygen atoms in total. The molecule has 6 heteroatoms. The van der Waals surface area contributed by atoms with Gasteiger partial charge in [0.1, 0.15) is 11.6 Å². The second kappa shape index (κ2) is 11.4. The summed E-state index contributed by atoms with van der Waals surface area (Å²) in [5.74, 6) is 1.88. The highest BCUT2D eigenvalue weighted by Gasteiger charge is 2.27. The Morgan fingerprint density at radius 2 is 1.06 bits per heavy atom. The third-order valence-electron chi connectivity index (χ3n) is 11.0. The Balaban J connectivity index is 1.16. The van der Waals surface area contributed by atoms with Crippen molar-refractivity contribution in [3.05, 3.63) is 168 Å². The largest absolute Gasteiger partial charge is 0.298 e. The van der Waals surface area contributed by atoms with Gasteiger partial charge in [0.25, 0.3) is 0 Å². The van der Waals surface area contributed by atoms with Crippen LogP contribution in [0, 0.1) is 0 Å². The Bertz CT molecular complexity index is 2870. The van der Waals surface area contributed by atoms with Gasteiger partial charge in [0, 0.05) is 64.6 Å². The minimum atomic E-state index is 0.916. The van der Waals surface area contributed by atoms with E-state index in [-0.39, 0.29) is 0 Å². The van der Waals surface area contributed by atoms with E-state index in [1.807, 2.05) is 49.3 Å². The lowest BCUT2D eigenvalue weighted by molar-refractivity contribution is 0.879. The normalized spacial score (nSPS) is 13.6. The van der Waals surface area contributed by atoms with Crippen molar-refractivity contribution >= 4 is 44.4 Å². The van der Waals surface area contributed by atoms with Gasteiger partial charge >= 0.3 is 0 Å². The van der Waals surface area contributed by atoms with Crippen LogP contribution in [0.15, 0.2) is 140 Å². The summed E-state index contributed by atoms with van der Waals surface area (Å²) >= 11 is 0. The summed E-state index contributed by atoms with van der Waals surface area (Å²) in [6.07, 6.45) is 17.6. The predicted molar refractivity (Wildman–Crippen MR) is 210 cm³/mol. The fraction of sp³-hybridized carbons (Fsp3) is 0.0870. The fourth-order valence-electron chi connectivity index (χ4n) is 8.66. The minimum Gasteiger partial charge on any atom is -0.298 e. The highest BCUT2D eigenvalue weighted by molar-refractivity contribution is 6.12. The van der Waals surface area contributed by atoms with Gasteiger partial charge in [-0.15, -0.1) is 0 Å². The zero-order chi connectivity index (χ0) is 34.2. The number of rotatable bonds is 4. The van der Waals surface area contributed by atoms with Crippen LogP contribution in [0.3, 0.4) is 0 Å². The van der Waals surface area contributed by atoms with Gasteiger partial charge in [-0.1, -0.05) is 18.2 Å². The van der Waals surface area contributed by atoms with Gasteiger partial charge in [-0.25, -0.2) is 9.97 Å². The van der Waals surface area contributed by atoms with Crippen LogP contribution in [0.2, 0.25) is 0 Å². The van der Waals surface area contributed by atoms with E-state index in [0.717, 1.165) is 53.9 Å². The van der Waals surface area contributed by atoms with E-state index in [0.29, 0.717) is 0 Å². The van der Waals surface area contributed by atoms with Crippen LogP contribution in [0.5, 0.6) is 0 Å². The molecule has 0 atom stereocenters. The summed E-state index contributed by atoms with van der Waals surface area (Å²) < 4.78 is 4.73. The number of aromatic nitrogens is 6. The zero-order valence-corrected chi connectivity index (χ0v) is 28.4. The lowest BCUT2D eigenvalue weighted by Gasteiger charge is -2.21. The first kappa shape index (κ1) is 29.1. The first-order chi connectivity index (χ1) is 25.8. The third-order valence-corrected chi connectivity index (χ3v) is 11.0. The second-order valence-corrected chi connectivity index (χ2v) is 13.8. The maximum atomic E-state index is 4.87. The number of fused-ring (bicyclic) bond motifs is 9. The topological polar surface area (TPSA) is 61.4 Å². The van der Waals surface area contributed by atoms with Gasteiger partial charge in [0.05, 0.1) is 16.6 Å². The molecule has 0 saturated heterocycles. The molecule has 2 aliphatic carbocycles. The van der Waals surface area contributed by atoms with Gasteiger partial charge in [-0.3, -0.25) is 19.1 Å². The maximum absolute atomic E-state index is 4.87. The van der Waals surface area contributed by atoms with Gasteiger partial charge < -0.3 is 0 Å². The third kappa shape index (κ3) is 4.44. The van der Waals surface area contributed by atoms with Crippen LogP contribution < -0.4 is 0 Å². The summed E-state index contributed by atoms with van der Waals surface area (Å²) in [4.78, 5) is 18.2. The first-order valence-electron chi connectivity index (χ1n) is 17.9. The summed E-state index contributed by atoms with van der Waals surface area (Å²) in [6, 6.07) is 37.3. The second-order valence-electron chi connectivity index (χ2n) is 13.8. The van der Waals surface area contributed by atoms with Crippen molar-refractivity contribution < 1.29 is 0 Å². The SMILES string of the molecule is C1=C(c2ccncc2)CCc2c1c1cc3c(cc1n2-c1ccccn1)-c1cc2c(cc1CC3)c1cc(-c3ccncc3)ccc1n2-c1ccccn1. The lowest BCUT2D eigenvalue weighted by atomic mass is 9.83. The molecule has 52 heavy (non-hydrogen) atoms. The number of hydrogen-bond acceptors (Lipinski definition) is 4. The molecule has 0 amide bonds. The average molecular weight is 669 g/mol. The van der Waals surface area contributed by atoms with Gasteiger partial charge in [-0.05, 0) is 161 Å². The summed E-state index contributed by atoms with van der Waals surface area (Å²) in [5.41, 5.74) is 16.5. The van der Waals surface area contributed by atoms with Crippen LogP contribution in [0.4, 0.5) is 0 Å². The molecule has 6 aromatic heterocycles. The number of aryl methyl sites for hydroxylation is 2. The van der Waals surface area contributed by atoms with E-state index >= 15 is 0 Å². The molecule has 9 aromatic rings. The van der Waals surface area contributed by atoms with Crippen LogP contribution >= 0.6 is 0 Å². The Hall–Kier alpha value is -6.66. The lowest BCUT2D eigenvalue weighted by Crippen LogP contribution is -2.07. The molecule has 2 aliphatic rings. The van der Waals surface area contributed by atoms with E-state index < -0.39 is 0 Å². The van der Waals surface area contributed by atoms with Crippen molar-refractivity contribution in [1.29, 1.82) is 0 Å². The van der Waals surface area contributed by atoms with E-state index in [9.17, 15) is 0 Å². The van der Waals surface area contributed by atoms with Crippen LogP contribution in [0.25, 0.3) is 78.2 Å².